The van der Waals surface area contributed by atoms with E-state index in [0.29, 0.717) is 32.2 Å². The number of halogens is 1. The molecule has 0 fully saturated rings. The number of hydrogen-bond donors (Lipinski definition) is 0. The molecule has 0 unspecified atom stereocenters. The van der Waals surface area contributed by atoms with Gasteiger partial charge in [0.1, 0.15) is 10.6 Å². The van der Waals surface area contributed by atoms with Gasteiger partial charge < -0.3 is 4.74 Å². The zero-order valence-electron chi connectivity index (χ0n) is 16.2. The number of benzene rings is 2. The highest BCUT2D eigenvalue weighted by atomic mass is 35.5. The molecule has 0 radical (unpaired) electrons. The number of thiophene rings is 1. The van der Waals surface area contributed by atoms with Gasteiger partial charge in [0.15, 0.2) is 5.78 Å². The van der Waals surface area contributed by atoms with Gasteiger partial charge in [-0.2, -0.15) is 0 Å². The second-order valence-electron chi connectivity index (χ2n) is 6.72. The van der Waals surface area contributed by atoms with E-state index in [2.05, 4.69) is 0 Å². The van der Waals surface area contributed by atoms with Crippen LogP contribution in [0.1, 0.15) is 15.2 Å². The zero-order chi connectivity index (χ0) is 21.4. The molecule has 0 spiro atoms. The number of ether oxygens (including phenoxy) is 1. The largest absolute Gasteiger partial charge is 0.497 e. The third-order valence-electron chi connectivity index (χ3n) is 4.72. The number of methoxy groups -OCH3 is 1. The summed E-state index contributed by atoms with van der Waals surface area (Å²) >= 11 is 7.37. The third kappa shape index (κ3) is 3.58. The van der Waals surface area contributed by atoms with Crippen LogP contribution in [0.25, 0.3) is 15.9 Å². The number of Topliss-reactive ketones (excluding diaryl/α,β-unsaturated/α-hetero) is 1. The van der Waals surface area contributed by atoms with Crippen molar-refractivity contribution in [3.05, 3.63) is 90.9 Å². The Hall–Kier alpha value is -3.16. The molecule has 0 bridgehead atoms. The first-order valence-corrected chi connectivity index (χ1v) is 10.3. The minimum absolute atomic E-state index is 0.192. The first-order valence-electron chi connectivity index (χ1n) is 9.08. The first kappa shape index (κ1) is 20.1. The quantitative estimate of drug-likeness (QED) is 0.439. The van der Waals surface area contributed by atoms with E-state index in [1.165, 1.54) is 15.9 Å². The van der Waals surface area contributed by atoms with Gasteiger partial charge in [-0.25, -0.2) is 9.36 Å². The maximum absolute atomic E-state index is 13.3. The fraction of sp³-hybridized carbons (Fsp3) is 0.136. The van der Waals surface area contributed by atoms with Crippen molar-refractivity contribution in [3.63, 3.8) is 0 Å². The van der Waals surface area contributed by atoms with Crippen LogP contribution in [0.5, 0.6) is 5.75 Å². The molecule has 0 atom stereocenters. The topological polar surface area (TPSA) is 70.3 Å². The van der Waals surface area contributed by atoms with E-state index in [1.54, 1.807) is 61.7 Å². The van der Waals surface area contributed by atoms with Crippen molar-refractivity contribution in [2.24, 2.45) is 0 Å². The molecule has 0 saturated carbocycles. The van der Waals surface area contributed by atoms with E-state index in [4.69, 9.17) is 16.3 Å². The van der Waals surface area contributed by atoms with Crippen molar-refractivity contribution in [1.29, 1.82) is 0 Å². The van der Waals surface area contributed by atoms with Crippen molar-refractivity contribution in [3.8, 4) is 11.4 Å². The lowest BCUT2D eigenvalue weighted by Crippen LogP contribution is -2.39. The maximum Gasteiger partial charge on any atom is 0.337 e. The summed E-state index contributed by atoms with van der Waals surface area (Å²) in [6.45, 7) is 1.66. The van der Waals surface area contributed by atoms with Crippen LogP contribution in [-0.2, 0) is 6.54 Å². The van der Waals surface area contributed by atoms with Gasteiger partial charge in [0.2, 0.25) is 0 Å². The first-order chi connectivity index (χ1) is 14.4. The van der Waals surface area contributed by atoms with Gasteiger partial charge >= 0.3 is 5.69 Å². The monoisotopic (exact) mass is 440 g/mol. The van der Waals surface area contributed by atoms with Gasteiger partial charge in [-0.15, -0.1) is 11.3 Å². The summed E-state index contributed by atoms with van der Waals surface area (Å²) in [7, 11) is 1.55. The van der Waals surface area contributed by atoms with Crippen molar-refractivity contribution in [2.75, 3.05) is 7.11 Å². The van der Waals surface area contributed by atoms with Crippen LogP contribution in [0.3, 0.4) is 0 Å². The molecule has 2 aromatic carbocycles. The molecule has 152 valence electrons. The Morgan fingerprint density at radius 1 is 1.10 bits per heavy atom. The molecule has 0 N–H and O–H groups in total. The Bertz CT molecular complexity index is 1380. The van der Waals surface area contributed by atoms with Gasteiger partial charge in [0.05, 0.1) is 24.7 Å². The third-order valence-corrected chi connectivity index (χ3v) is 6.03. The van der Waals surface area contributed by atoms with Gasteiger partial charge in [0.25, 0.3) is 5.56 Å². The molecular formula is C22H17ClN2O4S. The fourth-order valence-corrected chi connectivity index (χ4v) is 4.44. The highest BCUT2D eigenvalue weighted by molar-refractivity contribution is 7.18. The van der Waals surface area contributed by atoms with Gasteiger partial charge in [-0.05, 0) is 55.5 Å². The number of nitrogens with zero attached hydrogens (tertiary/aromatic N) is 2. The number of ketones is 1. The molecule has 30 heavy (non-hydrogen) atoms. The number of aromatic nitrogens is 2. The van der Waals surface area contributed by atoms with E-state index >= 15 is 0 Å². The van der Waals surface area contributed by atoms with Crippen LogP contribution in [0.2, 0.25) is 5.02 Å². The number of aryl methyl sites for hydroxylation is 1. The number of fused-ring (bicyclic) bond motifs is 1. The Kier molecular flexibility index (Phi) is 5.32. The van der Waals surface area contributed by atoms with Crippen LogP contribution in [0, 0.1) is 6.92 Å². The summed E-state index contributed by atoms with van der Waals surface area (Å²) in [4.78, 5) is 40.6. The van der Waals surface area contributed by atoms with Crippen LogP contribution in [0.4, 0.5) is 0 Å². The summed E-state index contributed by atoms with van der Waals surface area (Å²) in [5.74, 6) is 0.387. The highest BCUT2D eigenvalue weighted by Gasteiger charge is 2.19. The Morgan fingerprint density at radius 3 is 2.50 bits per heavy atom. The van der Waals surface area contributed by atoms with E-state index in [-0.39, 0.29) is 12.3 Å². The SMILES string of the molecule is COc1ccc(C(=O)Cn2c(=O)n(-c3cccc(Cl)c3)c(=O)c3cc(C)sc32)cc1. The molecule has 2 aromatic heterocycles. The Balaban J connectivity index is 1.89. The normalized spacial score (nSPS) is 11.0. The molecule has 8 heteroatoms. The molecule has 0 aliphatic rings. The summed E-state index contributed by atoms with van der Waals surface area (Å²) < 4.78 is 7.53. The molecule has 0 saturated heterocycles. The molecule has 0 amide bonds. The standard InChI is InChI=1S/C22H17ClN2O4S/c1-13-10-18-20(27)25(16-5-3-4-15(23)11-16)22(28)24(21(18)30-13)12-19(26)14-6-8-17(29-2)9-7-14/h3-11H,12H2,1-2H3. The van der Waals surface area contributed by atoms with E-state index in [0.717, 1.165) is 9.44 Å². The smallest absolute Gasteiger partial charge is 0.337 e. The maximum atomic E-state index is 13.3. The predicted octanol–water partition coefficient (Wildman–Crippen LogP) is 4.07. The zero-order valence-corrected chi connectivity index (χ0v) is 17.8. The lowest BCUT2D eigenvalue weighted by atomic mass is 10.1. The minimum atomic E-state index is -0.585. The molecular weight excluding hydrogens is 424 g/mol. The molecule has 2 heterocycles. The molecule has 0 aliphatic carbocycles. The summed E-state index contributed by atoms with van der Waals surface area (Å²) in [6.07, 6.45) is 0. The van der Waals surface area contributed by atoms with Crippen LogP contribution >= 0.6 is 22.9 Å². The number of hydrogen-bond acceptors (Lipinski definition) is 5. The molecule has 6 nitrogen and oxygen atoms in total. The van der Waals surface area contributed by atoms with Crippen molar-refractivity contribution in [2.45, 2.75) is 13.5 Å². The average molecular weight is 441 g/mol. The van der Waals surface area contributed by atoms with Gasteiger partial charge in [-0.3, -0.25) is 14.2 Å². The Labute approximate surface area is 180 Å². The second-order valence-corrected chi connectivity index (χ2v) is 8.39. The summed E-state index contributed by atoms with van der Waals surface area (Å²) in [6, 6.07) is 14.9. The van der Waals surface area contributed by atoms with E-state index in [1.807, 2.05) is 6.92 Å². The number of carbonyl (C=O) groups excluding carboxylic acids is 1. The van der Waals surface area contributed by atoms with E-state index < -0.39 is 11.2 Å². The second kappa shape index (κ2) is 7.93. The lowest BCUT2D eigenvalue weighted by molar-refractivity contribution is 0.0971. The fourth-order valence-electron chi connectivity index (χ4n) is 3.26. The molecule has 0 aliphatic heterocycles. The predicted molar refractivity (Wildman–Crippen MR) is 119 cm³/mol. The lowest BCUT2D eigenvalue weighted by Gasteiger charge is -2.12. The van der Waals surface area contributed by atoms with E-state index in [9.17, 15) is 14.4 Å². The number of carbonyl (C=O) groups is 1. The van der Waals surface area contributed by atoms with Crippen molar-refractivity contribution < 1.29 is 9.53 Å². The van der Waals surface area contributed by atoms with Gasteiger partial charge in [0, 0.05) is 15.5 Å². The van der Waals surface area contributed by atoms with Crippen molar-refractivity contribution >= 4 is 38.9 Å². The van der Waals surface area contributed by atoms with Crippen LogP contribution in [0.15, 0.2) is 64.2 Å². The van der Waals surface area contributed by atoms with Gasteiger partial charge in [-0.1, -0.05) is 17.7 Å². The van der Waals surface area contributed by atoms with Crippen molar-refractivity contribution in [1.82, 2.24) is 9.13 Å². The Morgan fingerprint density at radius 2 is 1.83 bits per heavy atom. The average Bonchev–Trinajstić information content (AvgIpc) is 3.13. The summed E-state index contributed by atoms with van der Waals surface area (Å²) in [5, 5.41) is 0.792. The minimum Gasteiger partial charge on any atom is -0.497 e. The molecule has 4 rings (SSSR count). The highest BCUT2D eigenvalue weighted by Crippen LogP contribution is 2.23. The molecule has 4 aromatic rings. The summed E-state index contributed by atoms with van der Waals surface area (Å²) in [5.41, 5.74) is -0.216. The number of rotatable bonds is 5. The van der Waals surface area contributed by atoms with Crippen LogP contribution < -0.4 is 16.0 Å². The van der Waals surface area contributed by atoms with Crippen LogP contribution in [-0.4, -0.2) is 22.0 Å².